The quantitative estimate of drug-likeness (QED) is 0.636. The van der Waals surface area contributed by atoms with E-state index in [1.165, 1.54) is 5.56 Å². The van der Waals surface area contributed by atoms with Crippen LogP contribution in [0, 0.1) is 10.7 Å². The number of ether oxygens (including phenoxy) is 1. The zero-order valence-corrected chi connectivity index (χ0v) is 12.4. The van der Waals surface area contributed by atoms with Crippen molar-refractivity contribution in [2.75, 3.05) is 13.2 Å². The lowest BCUT2D eigenvalue weighted by atomic mass is 10.2. The van der Waals surface area contributed by atoms with E-state index < -0.39 is 0 Å². The summed E-state index contributed by atoms with van der Waals surface area (Å²) in [5.74, 6) is 1.87. The Kier molecular flexibility index (Phi) is 5.07. The number of rotatable bonds is 6. The molecule has 2 aromatic rings. The first-order valence-electron chi connectivity index (χ1n) is 5.88. The molecule has 1 heterocycles. The first kappa shape index (κ1) is 13.4. The largest absolute Gasteiger partial charge is 0.492 e. The van der Waals surface area contributed by atoms with Crippen molar-refractivity contribution in [3.8, 4) is 5.75 Å². The second-order valence-corrected chi connectivity index (χ2v) is 5.11. The molecule has 0 aliphatic carbocycles. The fraction of sp³-hybridized carbons (Fsp3) is 0.286. The zero-order valence-electron chi connectivity index (χ0n) is 10.3. The normalized spacial score (nSPS) is 10.6. The molecule has 4 heteroatoms. The number of benzene rings is 1. The summed E-state index contributed by atoms with van der Waals surface area (Å²) < 4.78 is 12.0. The third-order valence-electron chi connectivity index (χ3n) is 2.47. The maximum absolute atomic E-state index is 5.64. The Bertz CT molecular complexity index is 496. The Morgan fingerprint density at radius 2 is 2.17 bits per heavy atom. The van der Waals surface area contributed by atoms with E-state index in [1.54, 1.807) is 0 Å². The highest BCUT2D eigenvalue weighted by atomic mass is 127. The second kappa shape index (κ2) is 6.80. The van der Waals surface area contributed by atoms with Gasteiger partial charge in [-0.15, -0.1) is 0 Å². The predicted octanol–water partition coefficient (Wildman–Crippen LogP) is 3.36. The maximum Gasteiger partial charge on any atom is 0.164 e. The van der Waals surface area contributed by atoms with Crippen molar-refractivity contribution in [2.45, 2.75) is 13.5 Å². The molecule has 1 N–H and O–H groups in total. The van der Waals surface area contributed by atoms with E-state index >= 15 is 0 Å². The van der Waals surface area contributed by atoms with Gasteiger partial charge in [-0.25, -0.2) is 0 Å². The van der Waals surface area contributed by atoms with E-state index in [9.17, 15) is 0 Å². The highest BCUT2D eigenvalue weighted by Gasteiger charge is 1.98. The molecule has 1 aromatic heterocycles. The molecular formula is C14H16INO2. The molecule has 0 saturated carbocycles. The van der Waals surface area contributed by atoms with E-state index in [4.69, 9.17) is 9.15 Å². The SMILES string of the molecule is Cc1cccc(OCCNCc2ccc(I)o2)c1. The first-order chi connectivity index (χ1) is 8.74. The number of aryl methyl sites for hydroxylation is 1. The smallest absolute Gasteiger partial charge is 0.164 e. The lowest BCUT2D eigenvalue weighted by Gasteiger charge is -2.07. The molecular weight excluding hydrogens is 341 g/mol. The molecule has 0 unspecified atom stereocenters. The van der Waals surface area contributed by atoms with Crippen LogP contribution in [0.3, 0.4) is 0 Å². The van der Waals surface area contributed by atoms with Gasteiger partial charge in [0.1, 0.15) is 18.1 Å². The van der Waals surface area contributed by atoms with E-state index in [1.807, 2.05) is 30.3 Å². The number of halogens is 1. The highest BCUT2D eigenvalue weighted by molar-refractivity contribution is 14.1. The van der Waals surface area contributed by atoms with Crippen molar-refractivity contribution in [1.29, 1.82) is 0 Å². The van der Waals surface area contributed by atoms with Crippen LogP contribution in [-0.2, 0) is 6.54 Å². The molecule has 0 spiro atoms. The molecule has 0 saturated heterocycles. The van der Waals surface area contributed by atoms with Gasteiger partial charge >= 0.3 is 0 Å². The third-order valence-corrected chi connectivity index (χ3v) is 3.04. The van der Waals surface area contributed by atoms with Gasteiger partial charge in [0.2, 0.25) is 0 Å². The topological polar surface area (TPSA) is 34.4 Å². The van der Waals surface area contributed by atoms with Crippen LogP contribution in [0.25, 0.3) is 0 Å². The molecule has 0 aliphatic rings. The van der Waals surface area contributed by atoms with Crippen LogP contribution in [0.4, 0.5) is 0 Å². The first-order valence-corrected chi connectivity index (χ1v) is 6.96. The van der Waals surface area contributed by atoms with E-state index in [2.05, 4.69) is 40.9 Å². The van der Waals surface area contributed by atoms with Gasteiger partial charge < -0.3 is 14.5 Å². The van der Waals surface area contributed by atoms with Crippen LogP contribution in [0.5, 0.6) is 5.75 Å². The monoisotopic (exact) mass is 357 g/mol. The van der Waals surface area contributed by atoms with Crippen molar-refractivity contribution in [3.05, 3.63) is 51.5 Å². The minimum atomic E-state index is 0.654. The standard InChI is InChI=1S/C14H16INO2/c1-11-3-2-4-12(9-11)17-8-7-16-10-13-5-6-14(15)18-13/h2-6,9,16H,7-8,10H2,1H3. The van der Waals surface area contributed by atoms with Crippen LogP contribution in [0.15, 0.2) is 40.8 Å². The summed E-state index contributed by atoms with van der Waals surface area (Å²) in [5, 5.41) is 3.28. The molecule has 0 radical (unpaired) electrons. The average Bonchev–Trinajstić information content (AvgIpc) is 2.75. The Morgan fingerprint density at radius 3 is 2.89 bits per heavy atom. The summed E-state index contributed by atoms with van der Waals surface area (Å²) in [6.45, 7) is 4.25. The van der Waals surface area contributed by atoms with Gasteiger partial charge in [-0.05, 0) is 59.3 Å². The molecule has 0 aliphatic heterocycles. The summed E-state index contributed by atoms with van der Waals surface area (Å²) in [7, 11) is 0. The summed E-state index contributed by atoms with van der Waals surface area (Å²) in [5.41, 5.74) is 1.21. The summed E-state index contributed by atoms with van der Waals surface area (Å²) >= 11 is 2.16. The van der Waals surface area contributed by atoms with Gasteiger partial charge in [0.15, 0.2) is 3.77 Å². The fourth-order valence-corrected chi connectivity index (χ4v) is 2.07. The summed E-state index contributed by atoms with van der Waals surface area (Å²) in [6, 6.07) is 12.0. The van der Waals surface area contributed by atoms with Gasteiger partial charge in [0.05, 0.1) is 6.54 Å². The lowest BCUT2D eigenvalue weighted by Crippen LogP contribution is -2.20. The molecule has 0 atom stereocenters. The molecule has 2 rings (SSSR count). The van der Waals surface area contributed by atoms with Crippen molar-refractivity contribution in [2.24, 2.45) is 0 Å². The number of furan rings is 1. The Balaban J connectivity index is 1.64. The second-order valence-electron chi connectivity index (χ2n) is 4.05. The Labute approximate surface area is 121 Å². The minimum absolute atomic E-state index is 0.654. The van der Waals surface area contributed by atoms with Gasteiger partial charge in [0, 0.05) is 6.54 Å². The number of hydrogen-bond acceptors (Lipinski definition) is 3. The maximum atomic E-state index is 5.64. The van der Waals surface area contributed by atoms with Crippen molar-refractivity contribution >= 4 is 22.6 Å². The van der Waals surface area contributed by atoms with Gasteiger partial charge in [-0.2, -0.15) is 0 Å². The molecule has 0 fully saturated rings. The molecule has 3 nitrogen and oxygen atoms in total. The molecule has 0 bridgehead atoms. The fourth-order valence-electron chi connectivity index (χ4n) is 1.60. The summed E-state index contributed by atoms with van der Waals surface area (Å²) in [6.07, 6.45) is 0. The molecule has 0 amide bonds. The van der Waals surface area contributed by atoms with Gasteiger partial charge in [-0.3, -0.25) is 0 Å². The molecule has 1 aromatic carbocycles. The van der Waals surface area contributed by atoms with Crippen LogP contribution < -0.4 is 10.1 Å². The molecule has 18 heavy (non-hydrogen) atoms. The number of nitrogens with one attached hydrogen (secondary N) is 1. The van der Waals surface area contributed by atoms with E-state index in [0.717, 1.165) is 28.4 Å². The van der Waals surface area contributed by atoms with Crippen LogP contribution in [0.1, 0.15) is 11.3 Å². The summed E-state index contributed by atoms with van der Waals surface area (Å²) in [4.78, 5) is 0. The third kappa shape index (κ3) is 4.34. The lowest BCUT2D eigenvalue weighted by molar-refractivity contribution is 0.310. The van der Waals surface area contributed by atoms with Crippen LogP contribution >= 0.6 is 22.6 Å². The number of hydrogen-bond donors (Lipinski definition) is 1. The van der Waals surface area contributed by atoms with Gasteiger partial charge in [0.25, 0.3) is 0 Å². The highest BCUT2D eigenvalue weighted by Crippen LogP contribution is 2.12. The Hall–Kier alpha value is -1.01. The predicted molar refractivity (Wildman–Crippen MR) is 79.8 cm³/mol. The minimum Gasteiger partial charge on any atom is -0.492 e. The van der Waals surface area contributed by atoms with Crippen LogP contribution in [0.2, 0.25) is 0 Å². The van der Waals surface area contributed by atoms with Crippen LogP contribution in [-0.4, -0.2) is 13.2 Å². The van der Waals surface area contributed by atoms with Gasteiger partial charge in [-0.1, -0.05) is 12.1 Å². The van der Waals surface area contributed by atoms with Crippen molar-refractivity contribution in [3.63, 3.8) is 0 Å². The zero-order chi connectivity index (χ0) is 12.8. The Morgan fingerprint density at radius 1 is 1.28 bits per heavy atom. The molecule has 96 valence electrons. The van der Waals surface area contributed by atoms with E-state index in [-0.39, 0.29) is 0 Å². The average molecular weight is 357 g/mol. The van der Waals surface area contributed by atoms with Crippen molar-refractivity contribution < 1.29 is 9.15 Å². The van der Waals surface area contributed by atoms with Crippen molar-refractivity contribution in [1.82, 2.24) is 5.32 Å². The van der Waals surface area contributed by atoms with E-state index in [0.29, 0.717) is 6.61 Å².